The molecular formula is C22H36N6O7S. The van der Waals surface area contributed by atoms with E-state index >= 15 is 0 Å². The number of amides is 3. The van der Waals surface area contributed by atoms with E-state index in [1.165, 1.54) is 24.3 Å². The quantitative estimate of drug-likeness (QED) is 0.137. The lowest BCUT2D eigenvalue weighted by Crippen LogP contribution is -2.57. The molecule has 0 aromatic carbocycles. The molecule has 36 heavy (non-hydrogen) atoms. The molecule has 0 aliphatic carbocycles. The summed E-state index contributed by atoms with van der Waals surface area (Å²) in [4.78, 5) is 67.7. The molecule has 0 aliphatic heterocycles. The van der Waals surface area contributed by atoms with Gasteiger partial charge in [0.15, 0.2) is 0 Å². The van der Waals surface area contributed by atoms with Gasteiger partial charge < -0.3 is 36.9 Å². The standard InChI is InChI=1S/C22H36N6O7S/c1-12(2)8-14(23)19(31)26-15(6-7-36-3)20(32)28-17(9-13-10-24-11-25-13)21(33)27-16(22(34)35)4-5-18(29)30/h10-12,14-17H,4-9,23H2,1-3H3,(H,24,25)(H,26,31)(H,27,33)(H,28,32)(H,29,30)(H,34,35). The van der Waals surface area contributed by atoms with Crippen molar-refractivity contribution in [3.8, 4) is 0 Å². The van der Waals surface area contributed by atoms with Gasteiger partial charge in [-0.3, -0.25) is 19.2 Å². The zero-order valence-corrected chi connectivity index (χ0v) is 21.5. The highest BCUT2D eigenvalue weighted by atomic mass is 32.2. The van der Waals surface area contributed by atoms with Gasteiger partial charge in [0, 0.05) is 24.7 Å². The molecule has 1 rings (SSSR count). The number of carboxylic acid groups (broad SMARTS) is 2. The molecule has 0 saturated carbocycles. The summed E-state index contributed by atoms with van der Waals surface area (Å²) in [6.45, 7) is 3.84. The predicted molar refractivity (Wildman–Crippen MR) is 133 cm³/mol. The second kappa shape index (κ2) is 15.8. The number of aromatic nitrogens is 2. The first-order chi connectivity index (χ1) is 16.9. The van der Waals surface area contributed by atoms with Crippen molar-refractivity contribution in [1.82, 2.24) is 25.9 Å². The first-order valence-electron chi connectivity index (χ1n) is 11.5. The third-order valence-corrected chi connectivity index (χ3v) is 5.82. The Morgan fingerprint density at radius 1 is 1.00 bits per heavy atom. The molecule has 0 aliphatic rings. The maximum atomic E-state index is 13.1. The van der Waals surface area contributed by atoms with E-state index in [0.29, 0.717) is 17.9 Å². The Bertz CT molecular complexity index is 880. The number of nitrogens with zero attached hydrogens (tertiary/aromatic N) is 1. The summed E-state index contributed by atoms with van der Waals surface area (Å²) in [6, 6.07) is -4.45. The van der Waals surface area contributed by atoms with Gasteiger partial charge in [-0.25, -0.2) is 9.78 Å². The molecule has 4 atom stereocenters. The van der Waals surface area contributed by atoms with Crippen LogP contribution in [0.25, 0.3) is 0 Å². The summed E-state index contributed by atoms with van der Waals surface area (Å²) < 4.78 is 0. The first kappa shape index (κ1) is 30.9. The first-order valence-corrected chi connectivity index (χ1v) is 12.9. The van der Waals surface area contributed by atoms with E-state index in [4.69, 9.17) is 10.8 Å². The van der Waals surface area contributed by atoms with Gasteiger partial charge in [0.05, 0.1) is 12.4 Å². The van der Waals surface area contributed by atoms with Crippen LogP contribution in [0.5, 0.6) is 0 Å². The van der Waals surface area contributed by atoms with E-state index in [2.05, 4.69) is 25.9 Å². The highest BCUT2D eigenvalue weighted by Gasteiger charge is 2.31. The van der Waals surface area contributed by atoms with Crippen molar-refractivity contribution in [2.75, 3.05) is 12.0 Å². The lowest BCUT2D eigenvalue weighted by atomic mass is 10.0. The number of hydrogen-bond donors (Lipinski definition) is 7. The van der Waals surface area contributed by atoms with Crippen molar-refractivity contribution in [3.05, 3.63) is 18.2 Å². The number of nitrogens with two attached hydrogens (primary N) is 1. The molecule has 1 heterocycles. The van der Waals surface area contributed by atoms with Gasteiger partial charge in [0.2, 0.25) is 17.7 Å². The van der Waals surface area contributed by atoms with Crippen molar-refractivity contribution in [2.45, 2.75) is 70.1 Å². The Balaban J connectivity index is 3.03. The Kier molecular flexibility index (Phi) is 13.5. The fourth-order valence-corrected chi connectivity index (χ4v) is 3.76. The molecule has 0 saturated heterocycles. The second-order valence-corrected chi connectivity index (χ2v) is 9.74. The minimum atomic E-state index is -1.46. The number of carboxylic acids is 2. The number of carbonyl (C=O) groups is 5. The average Bonchev–Trinajstić information content (AvgIpc) is 3.30. The number of carbonyl (C=O) groups excluding carboxylic acids is 3. The van der Waals surface area contributed by atoms with Gasteiger partial charge in [-0.05, 0) is 37.2 Å². The smallest absolute Gasteiger partial charge is 0.326 e. The van der Waals surface area contributed by atoms with Gasteiger partial charge in [-0.15, -0.1) is 0 Å². The van der Waals surface area contributed by atoms with E-state index in [-0.39, 0.29) is 25.2 Å². The molecule has 0 spiro atoms. The maximum Gasteiger partial charge on any atom is 0.326 e. The Morgan fingerprint density at radius 2 is 1.61 bits per heavy atom. The molecule has 0 radical (unpaired) electrons. The summed E-state index contributed by atoms with van der Waals surface area (Å²) in [7, 11) is 0. The SMILES string of the molecule is CSCCC(NC(=O)C(N)CC(C)C)C(=O)NC(Cc1cnc[nH]1)C(=O)NC(CCC(=O)O)C(=O)O. The van der Waals surface area contributed by atoms with Crippen LogP contribution < -0.4 is 21.7 Å². The maximum absolute atomic E-state index is 13.1. The van der Waals surface area contributed by atoms with Crippen molar-refractivity contribution in [1.29, 1.82) is 0 Å². The molecular weight excluding hydrogens is 492 g/mol. The third-order valence-electron chi connectivity index (χ3n) is 5.18. The second-order valence-electron chi connectivity index (χ2n) is 8.75. The van der Waals surface area contributed by atoms with E-state index < -0.39 is 60.2 Å². The van der Waals surface area contributed by atoms with E-state index in [0.717, 1.165) is 0 Å². The number of aromatic amines is 1. The van der Waals surface area contributed by atoms with Crippen LogP contribution in [0.4, 0.5) is 0 Å². The summed E-state index contributed by atoms with van der Waals surface area (Å²) in [5.41, 5.74) is 6.44. The number of H-pyrrole nitrogens is 1. The number of nitrogens with one attached hydrogen (secondary N) is 4. The fourth-order valence-electron chi connectivity index (χ4n) is 3.29. The average molecular weight is 529 g/mol. The van der Waals surface area contributed by atoms with Gasteiger partial charge in [0.1, 0.15) is 18.1 Å². The molecule has 0 bridgehead atoms. The van der Waals surface area contributed by atoms with Crippen LogP contribution >= 0.6 is 11.8 Å². The summed E-state index contributed by atoms with van der Waals surface area (Å²) in [6.07, 6.45) is 4.55. The lowest BCUT2D eigenvalue weighted by Gasteiger charge is -2.25. The summed E-state index contributed by atoms with van der Waals surface area (Å²) >= 11 is 1.47. The van der Waals surface area contributed by atoms with Crippen LogP contribution in [-0.4, -0.2) is 86.0 Å². The Hall–Kier alpha value is -3.13. The van der Waals surface area contributed by atoms with Gasteiger partial charge in [0.25, 0.3) is 0 Å². The van der Waals surface area contributed by atoms with Crippen LogP contribution in [-0.2, 0) is 30.4 Å². The van der Waals surface area contributed by atoms with E-state index in [1.54, 1.807) is 0 Å². The number of imidazole rings is 1. The number of thioether (sulfide) groups is 1. The van der Waals surface area contributed by atoms with Gasteiger partial charge >= 0.3 is 11.9 Å². The minimum Gasteiger partial charge on any atom is -0.481 e. The molecule has 8 N–H and O–H groups in total. The Labute approximate surface area is 213 Å². The zero-order chi connectivity index (χ0) is 27.3. The van der Waals surface area contributed by atoms with Crippen LogP contribution in [0.2, 0.25) is 0 Å². The Morgan fingerprint density at radius 3 is 2.14 bits per heavy atom. The van der Waals surface area contributed by atoms with Crippen molar-refractivity contribution < 1.29 is 34.2 Å². The number of aliphatic carboxylic acids is 2. The molecule has 1 aromatic rings. The molecule has 4 unspecified atom stereocenters. The summed E-state index contributed by atoms with van der Waals surface area (Å²) in [5.74, 6) is -3.82. The zero-order valence-electron chi connectivity index (χ0n) is 20.7. The molecule has 14 heteroatoms. The number of hydrogen-bond acceptors (Lipinski definition) is 8. The van der Waals surface area contributed by atoms with E-state index in [1.807, 2.05) is 20.1 Å². The topological polar surface area (TPSA) is 217 Å². The highest BCUT2D eigenvalue weighted by Crippen LogP contribution is 2.08. The van der Waals surface area contributed by atoms with Gasteiger partial charge in [-0.2, -0.15) is 11.8 Å². The minimum absolute atomic E-state index is 0.0428. The fraction of sp³-hybridized carbons (Fsp3) is 0.636. The molecule has 202 valence electrons. The summed E-state index contributed by atoms with van der Waals surface area (Å²) in [5, 5.41) is 25.8. The predicted octanol–water partition coefficient (Wildman–Crippen LogP) is -0.517. The monoisotopic (exact) mass is 528 g/mol. The van der Waals surface area contributed by atoms with Crippen molar-refractivity contribution in [3.63, 3.8) is 0 Å². The molecule has 1 aromatic heterocycles. The largest absolute Gasteiger partial charge is 0.481 e. The number of rotatable bonds is 17. The van der Waals surface area contributed by atoms with Crippen LogP contribution in [0.1, 0.15) is 45.2 Å². The van der Waals surface area contributed by atoms with E-state index in [9.17, 15) is 29.1 Å². The highest BCUT2D eigenvalue weighted by molar-refractivity contribution is 7.98. The third kappa shape index (κ3) is 11.5. The van der Waals surface area contributed by atoms with Crippen LogP contribution in [0.15, 0.2) is 12.5 Å². The van der Waals surface area contributed by atoms with Crippen molar-refractivity contribution in [2.24, 2.45) is 11.7 Å². The molecule has 0 fully saturated rings. The van der Waals surface area contributed by atoms with Crippen LogP contribution in [0, 0.1) is 5.92 Å². The van der Waals surface area contributed by atoms with Crippen molar-refractivity contribution >= 4 is 41.4 Å². The molecule has 3 amide bonds. The molecule has 13 nitrogen and oxygen atoms in total. The van der Waals surface area contributed by atoms with Gasteiger partial charge in [-0.1, -0.05) is 13.8 Å². The lowest BCUT2D eigenvalue weighted by molar-refractivity contribution is -0.143. The normalized spacial score (nSPS) is 14.4. The van der Waals surface area contributed by atoms with Crippen LogP contribution in [0.3, 0.4) is 0 Å².